The van der Waals surface area contributed by atoms with E-state index in [-0.39, 0.29) is 11.1 Å². The topological polar surface area (TPSA) is 101 Å². The number of fused-ring (bicyclic) bond motifs is 1. The van der Waals surface area contributed by atoms with Crippen molar-refractivity contribution in [1.29, 1.82) is 0 Å². The highest BCUT2D eigenvalue weighted by Gasteiger charge is 2.58. The van der Waals surface area contributed by atoms with Crippen LogP contribution in [0, 0.1) is 17.0 Å². The van der Waals surface area contributed by atoms with Crippen LogP contribution in [0.5, 0.6) is 0 Å². The summed E-state index contributed by atoms with van der Waals surface area (Å²) in [5.74, 6) is -2.06. The molecule has 0 aliphatic carbocycles. The highest BCUT2D eigenvalue weighted by atomic mass is 79.9. The van der Waals surface area contributed by atoms with E-state index in [0.717, 1.165) is 9.37 Å². The molecule has 1 saturated heterocycles. The smallest absolute Gasteiger partial charge is 0.282 e. The molecule has 5 rings (SSSR count). The molecule has 3 aromatic carbocycles. The van der Waals surface area contributed by atoms with Gasteiger partial charge < -0.3 is 4.90 Å². The number of carbonyl (C=O) groups excluding carboxylic acids is 3. The summed E-state index contributed by atoms with van der Waals surface area (Å²) < 4.78 is 0.754. The Balaban J connectivity index is 1.64. The first-order valence-electron chi connectivity index (χ1n) is 10.2. The van der Waals surface area contributed by atoms with Gasteiger partial charge in [-0.3, -0.25) is 29.4 Å². The maximum absolute atomic E-state index is 13.5. The molecule has 3 aromatic rings. The van der Waals surface area contributed by atoms with E-state index >= 15 is 0 Å². The molecule has 0 aromatic heterocycles. The van der Waals surface area contributed by atoms with E-state index in [4.69, 9.17) is 11.6 Å². The molecule has 2 aliphatic heterocycles. The minimum Gasteiger partial charge on any atom is -0.300 e. The second kappa shape index (κ2) is 8.03. The van der Waals surface area contributed by atoms with E-state index in [1.807, 2.05) is 6.07 Å². The number of hydrogen-bond acceptors (Lipinski definition) is 5. The summed E-state index contributed by atoms with van der Waals surface area (Å²) in [5.41, 5.74) is 1.07. The Labute approximate surface area is 207 Å². The molecule has 2 atom stereocenters. The summed E-state index contributed by atoms with van der Waals surface area (Å²) in [6.45, 7) is 1.78. The van der Waals surface area contributed by atoms with Crippen LogP contribution in [-0.4, -0.2) is 33.6 Å². The second-order valence-electron chi connectivity index (χ2n) is 7.97. The zero-order valence-electron chi connectivity index (χ0n) is 17.6. The zero-order valence-corrected chi connectivity index (χ0v) is 19.9. The lowest BCUT2D eigenvalue weighted by atomic mass is 9.86. The Morgan fingerprint density at radius 1 is 0.941 bits per heavy atom. The van der Waals surface area contributed by atoms with Gasteiger partial charge in [-0.2, -0.15) is 0 Å². The van der Waals surface area contributed by atoms with E-state index < -0.39 is 40.4 Å². The van der Waals surface area contributed by atoms with Crippen molar-refractivity contribution < 1.29 is 19.3 Å². The number of nitrogens with zero attached hydrogens (tertiary/aromatic N) is 3. The molecular weight excluding hydrogens is 526 g/mol. The van der Waals surface area contributed by atoms with Crippen LogP contribution < -0.4 is 4.90 Å². The molecular formula is C24H15BrClN3O5. The number of anilines is 1. The number of hydrogen-bond donors (Lipinski definition) is 0. The van der Waals surface area contributed by atoms with Gasteiger partial charge in [0.25, 0.3) is 23.4 Å². The van der Waals surface area contributed by atoms with Gasteiger partial charge in [0.2, 0.25) is 0 Å². The fourth-order valence-electron chi connectivity index (χ4n) is 4.56. The summed E-state index contributed by atoms with van der Waals surface area (Å²) in [6.07, 6.45) is 0. The monoisotopic (exact) mass is 539 g/mol. The Bertz CT molecular complexity index is 1430. The summed E-state index contributed by atoms with van der Waals surface area (Å²) in [5, 5.41) is 12.0. The molecule has 2 unspecified atom stereocenters. The van der Waals surface area contributed by atoms with Gasteiger partial charge in [0, 0.05) is 21.2 Å². The van der Waals surface area contributed by atoms with Crippen LogP contribution in [0.3, 0.4) is 0 Å². The van der Waals surface area contributed by atoms with Crippen LogP contribution in [0.15, 0.2) is 65.1 Å². The number of carbonyl (C=O) groups is 3. The first-order valence-corrected chi connectivity index (χ1v) is 11.4. The second-order valence-corrected chi connectivity index (χ2v) is 9.30. The van der Waals surface area contributed by atoms with Gasteiger partial charge in [-0.25, -0.2) is 0 Å². The highest BCUT2D eigenvalue weighted by Crippen LogP contribution is 2.46. The fraction of sp³-hybridized carbons (Fsp3) is 0.125. The predicted octanol–water partition coefficient (Wildman–Crippen LogP) is 5.07. The fourth-order valence-corrected chi connectivity index (χ4v) is 5.15. The molecule has 0 saturated carbocycles. The first kappa shape index (κ1) is 22.2. The van der Waals surface area contributed by atoms with Gasteiger partial charge in [0.05, 0.1) is 16.5 Å². The molecule has 1 fully saturated rings. The lowest BCUT2D eigenvalue weighted by Gasteiger charge is -2.50. The van der Waals surface area contributed by atoms with Crippen molar-refractivity contribution in [3.63, 3.8) is 0 Å². The molecule has 0 spiro atoms. The van der Waals surface area contributed by atoms with Crippen LogP contribution in [0.4, 0.5) is 11.4 Å². The average Bonchev–Trinajstić information content (AvgIpc) is 3.05. The van der Waals surface area contributed by atoms with E-state index in [1.54, 1.807) is 43.3 Å². The van der Waals surface area contributed by atoms with Gasteiger partial charge >= 0.3 is 0 Å². The quantitative estimate of drug-likeness (QED) is 0.199. The van der Waals surface area contributed by atoms with E-state index in [9.17, 15) is 24.5 Å². The van der Waals surface area contributed by atoms with Crippen molar-refractivity contribution in [3.8, 4) is 0 Å². The number of β-lactam (4-membered cyclic amide) rings is 1. The van der Waals surface area contributed by atoms with E-state index in [1.165, 1.54) is 23.1 Å². The normalized spacial score (nSPS) is 19.3. The highest BCUT2D eigenvalue weighted by molar-refractivity contribution is 9.10. The van der Waals surface area contributed by atoms with Crippen LogP contribution >= 0.6 is 27.5 Å². The molecule has 2 aliphatic rings. The van der Waals surface area contributed by atoms with Crippen molar-refractivity contribution in [2.75, 3.05) is 4.90 Å². The SMILES string of the molecule is Cc1c(Cl)cccc1N1C(=O)C(N2C(=O)c3cccc([N+](=O)[O-])c3C2=O)C1c1cccc(Br)c1. The van der Waals surface area contributed by atoms with Gasteiger partial charge in [-0.1, -0.05) is 51.8 Å². The first-order chi connectivity index (χ1) is 16.2. The van der Waals surface area contributed by atoms with Crippen molar-refractivity contribution in [1.82, 2.24) is 4.90 Å². The Hall–Kier alpha value is -3.56. The van der Waals surface area contributed by atoms with Crippen LogP contribution in [-0.2, 0) is 4.79 Å². The van der Waals surface area contributed by atoms with E-state index in [2.05, 4.69) is 15.9 Å². The molecule has 10 heteroatoms. The Kier molecular flexibility index (Phi) is 5.26. The van der Waals surface area contributed by atoms with E-state index in [0.29, 0.717) is 21.8 Å². The third kappa shape index (κ3) is 3.15. The summed E-state index contributed by atoms with van der Waals surface area (Å²) in [6, 6.07) is 14.4. The number of imide groups is 1. The van der Waals surface area contributed by atoms with Crippen molar-refractivity contribution >= 4 is 56.6 Å². The molecule has 0 bridgehead atoms. The summed E-state index contributed by atoms with van der Waals surface area (Å²) >= 11 is 9.73. The van der Waals surface area contributed by atoms with Gasteiger partial charge in [0.15, 0.2) is 0 Å². The van der Waals surface area contributed by atoms with Crippen molar-refractivity contribution in [3.05, 3.63) is 103 Å². The number of halogens is 2. The summed E-state index contributed by atoms with van der Waals surface area (Å²) in [4.78, 5) is 53.3. The Morgan fingerprint density at radius 2 is 1.65 bits per heavy atom. The number of nitro benzene ring substituents is 1. The lowest BCUT2D eigenvalue weighted by Crippen LogP contribution is -2.67. The summed E-state index contributed by atoms with van der Waals surface area (Å²) in [7, 11) is 0. The number of benzene rings is 3. The number of rotatable bonds is 4. The van der Waals surface area contributed by atoms with Crippen molar-refractivity contribution in [2.45, 2.75) is 19.0 Å². The molecule has 3 amide bonds. The Morgan fingerprint density at radius 3 is 2.35 bits per heavy atom. The third-order valence-corrected chi connectivity index (χ3v) is 7.06. The molecule has 34 heavy (non-hydrogen) atoms. The largest absolute Gasteiger partial charge is 0.300 e. The lowest BCUT2D eigenvalue weighted by molar-refractivity contribution is -0.385. The molecule has 8 nitrogen and oxygen atoms in total. The van der Waals surface area contributed by atoms with Crippen LogP contribution in [0.2, 0.25) is 5.02 Å². The maximum Gasteiger partial charge on any atom is 0.282 e. The van der Waals surface area contributed by atoms with Gasteiger partial charge in [-0.15, -0.1) is 0 Å². The molecule has 170 valence electrons. The molecule has 2 heterocycles. The zero-order chi connectivity index (χ0) is 24.3. The van der Waals surface area contributed by atoms with Crippen LogP contribution in [0.1, 0.15) is 37.9 Å². The third-order valence-electron chi connectivity index (χ3n) is 6.16. The number of amides is 3. The predicted molar refractivity (Wildman–Crippen MR) is 128 cm³/mol. The maximum atomic E-state index is 13.5. The minimum atomic E-state index is -1.17. The van der Waals surface area contributed by atoms with Crippen LogP contribution in [0.25, 0.3) is 0 Å². The molecule has 0 radical (unpaired) electrons. The standard InChI is InChI=1S/C24H15BrClN3O5/c1-12-16(26)8-4-9-17(12)27-20(13-5-2-6-14(25)11-13)21(24(27)32)28-22(30)15-7-3-10-18(29(33)34)19(15)23(28)31/h2-11,20-21H,1H3. The number of nitro groups is 1. The minimum absolute atomic E-state index is 0.0858. The van der Waals surface area contributed by atoms with Gasteiger partial charge in [-0.05, 0) is 48.4 Å². The van der Waals surface area contributed by atoms with Crippen molar-refractivity contribution in [2.24, 2.45) is 0 Å². The molecule has 0 N–H and O–H groups in total. The average molecular weight is 541 g/mol. The van der Waals surface area contributed by atoms with Gasteiger partial charge in [0.1, 0.15) is 11.6 Å².